The Balaban J connectivity index is 1.41. The van der Waals surface area contributed by atoms with Gasteiger partial charge in [-0.25, -0.2) is 0 Å². The highest BCUT2D eigenvalue weighted by atomic mass is 28.4. The third kappa shape index (κ3) is 5.26. The number of rotatable bonds is 7. The molecule has 0 saturated carbocycles. The number of ether oxygens (including phenoxy) is 3. The molecule has 1 aliphatic heterocycles. The van der Waals surface area contributed by atoms with Crippen molar-refractivity contribution in [2.24, 2.45) is 0 Å². The third-order valence-corrected chi connectivity index (χ3v) is 13.4. The van der Waals surface area contributed by atoms with E-state index in [1.54, 1.807) is 0 Å². The summed E-state index contributed by atoms with van der Waals surface area (Å²) in [7, 11) is -0.548. The molecule has 3 aromatic carbocycles. The van der Waals surface area contributed by atoms with Gasteiger partial charge in [0.15, 0.2) is 0 Å². The summed E-state index contributed by atoms with van der Waals surface area (Å²) in [5.74, 6) is 2.39. The smallest absolute Gasteiger partial charge is 0.306 e. The minimum atomic E-state index is -1.97. The van der Waals surface area contributed by atoms with E-state index in [1.807, 2.05) is 18.2 Å². The molecule has 2 aliphatic rings. The predicted octanol–water partition coefficient (Wildman–Crippen LogP) is 8.46. The molecule has 0 radical (unpaired) electrons. The molecule has 0 amide bonds. The number of carbonyl (C=O) groups excluding carboxylic acids is 1. The zero-order chi connectivity index (χ0) is 28.8. The lowest BCUT2D eigenvalue weighted by Crippen LogP contribution is -2.44. The van der Waals surface area contributed by atoms with Gasteiger partial charge in [0.1, 0.15) is 23.4 Å². The molecule has 0 spiro atoms. The lowest BCUT2D eigenvalue weighted by Gasteiger charge is -2.37. The van der Waals surface area contributed by atoms with Crippen molar-refractivity contribution in [3.63, 3.8) is 0 Å². The van der Waals surface area contributed by atoms with Gasteiger partial charge in [-0.2, -0.15) is 0 Å². The van der Waals surface area contributed by atoms with Crippen LogP contribution in [-0.2, 0) is 16.0 Å². The van der Waals surface area contributed by atoms with Gasteiger partial charge >= 0.3 is 5.97 Å². The molecule has 5 nitrogen and oxygen atoms in total. The number of hydrogen-bond acceptors (Lipinski definition) is 5. The van der Waals surface area contributed by atoms with Gasteiger partial charge in [-0.05, 0) is 90.3 Å². The van der Waals surface area contributed by atoms with Crippen molar-refractivity contribution < 1.29 is 23.4 Å². The SMILES string of the molecule is COC(=O)C[C@@H]1COc2cc(O[C@@H]3CCc4c(-c5c(C)ccc(O[Si](C)(C)C(C)(C)C)c5C)cccc43)ccc21. The summed E-state index contributed by atoms with van der Waals surface area (Å²) in [5, 5.41) is 0.133. The van der Waals surface area contributed by atoms with E-state index in [-0.39, 0.29) is 23.0 Å². The number of carbonyl (C=O) groups is 1. The fraction of sp³-hybridized carbons (Fsp3) is 0.441. The van der Waals surface area contributed by atoms with E-state index in [9.17, 15) is 4.79 Å². The summed E-state index contributed by atoms with van der Waals surface area (Å²) in [6.45, 7) is 16.3. The van der Waals surface area contributed by atoms with Crippen molar-refractivity contribution in [3.8, 4) is 28.4 Å². The second kappa shape index (κ2) is 10.6. The molecule has 1 aliphatic carbocycles. The first-order valence-corrected chi connectivity index (χ1v) is 17.2. The summed E-state index contributed by atoms with van der Waals surface area (Å²) in [6.07, 6.45) is 2.19. The molecule has 5 rings (SSSR count). The zero-order valence-electron chi connectivity index (χ0n) is 25.1. The number of hydrogen-bond donors (Lipinski definition) is 0. The molecule has 3 aromatic rings. The Morgan fingerprint density at radius 2 is 1.82 bits per heavy atom. The molecule has 0 saturated heterocycles. The predicted molar refractivity (Wildman–Crippen MR) is 162 cm³/mol. The lowest BCUT2D eigenvalue weighted by atomic mass is 9.90. The van der Waals surface area contributed by atoms with E-state index >= 15 is 0 Å². The Morgan fingerprint density at radius 3 is 2.55 bits per heavy atom. The Kier molecular flexibility index (Phi) is 7.51. The van der Waals surface area contributed by atoms with Crippen molar-refractivity contribution in [2.45, 2.75) is 84.0 Å². The number of methoxy groups -OCH3 is 1. The molecule has 0 N–H and O–H groups in total. The summed E-state index contributed by atoms with van der Waals surface area (Å²) in [4.78, 5) is 11.8. The molecular formula is C34H42O5Si. The Morgan fingerprint density at radius 1 is 1.05 bits per heavy atom. The van der Waals surface area contributed by atoms with E-state index < -0.39 is 8.32 Å². The fourth-order valence-electron chi connectivity index (χ4n) is 5.70. The van der Waals surface area contributed by atoms with Gasteiger partial charge in [0, 0.05) is 17.5 Å². The van der Waals surface area contributed by atoms with Gasteiger partial charge in [-0.15, -0.1) is 0 Å². The maximum Gasteiger partial charge on any atom is 0.306 e. The average Bonchev–Trinajstić information content (AvgIpc) is 3.49. The Labute approximate surface area is 239 Å². The first-order valence-electron chi connectivity index (χ1n) is 14.3. The second-order valence-electron chi connectivity index (χ2n) is 12.7. The van der Waals surface area contributed by atoms with Crippen LogP contribution in [0.2, 0.25) is 18.1 Å². The van der Waals surface area contributed by atoms with E-state index in [0.29, 0.717) is 13.0 Å². The van der Waals surface area contributed by atoms with Crippen LogP contribution in [0, 0.1) is 13.8 Å². The third-order valence-electron chi connectivity index (χ3n) is 9.06. The average molecular weight is 559 g/mol. The normalized spacial score (nSPS) is 18.1. The quantitative estimate of drug-likeness (QED) is 0.215. The van der Waals surface area contributed by atoms with Crippen LogP contribution in [0.5, 0.6) is 17.2 Å². The first-order chi connectivity index (χ1) is 18.9. The van der Waals surface area contributed by atoms with E-state index in [4.69, 9.17) is 18.6 Å². The van der Waals surface area contributed by atoms with Gasteiger partial charge in [-0.1, -0.05) is 51.1 Å². The second-order valence-corrected chi connectivity index (χ2v) is 17.5. The highest BCUT2D eigenvalue weighted by Gasteiger charge is 2.39. The number of aryl methyl sites for hydroxylation is 1. The van der Waals surface area contributed by atoms with Crippen LogP contribution in [0.15, 0.2) is 48.5 Å². The Hall–Kier alpha value is -3.25. The van der Waals surface area contributed by atoms with Crippen molar-refractivity contribution in [1.82, 2.24) is 0 Å². The molecule has 212 valence electrons. The number of esters is 1. The van der Waals surface area contributed by atoms with Gasteiger partial charge in [-0.3, -0.25) is 4.79 Å². The van der Waals surface area contributed by atoms with Crippen LogP contribution in [-0.4, -0.2) is 28.0 Å². The molecule has 40 heavy (non-hydrogen) atoms. The topological polar surface area (TPSA) is 54.0 Å². The van der Waals surface area contributed by atoms with Crippen molar-refractivity contribution in [2.75, 3.05) is 13.7 Å². The molecule has 0 bridgehead atoms. The highest BCUT2D eigenvalue weighted by Crippen LogP contribution is 2.46. The maximum absolute atomic E-state index is 11.8. The molecular weight excluding hydrogens is 516 g/mol. The fourth-order valence-corrected chi connectivity index (χ4v) is 6.78. The molecule has 1 heterocycles. The summed E-state index contributed by atoms with van der Waals surface area (Å²) >= 11 is 0. The molecule has 2 atom stereocenters. The van der Waals surface area contributed by atoms with Crippen molar-refractivity contribution >= 4 is 14.3 Å². The van der Waals surface area contributed by atoms with Gasteiger partial charge in [0.05, 0.1) is 20.1 Å². The van der Waals surface area contributed by atoms with Crippen LogP contribution in [0.3, 0.4) is 0 Å². The van der Waals surface area contributed by atoms with Gasteiger partial charge in [0.25, 0.3) is 0 Å². The maximum atomic E-state index is 11.8. The zero-order valence-corrected chi connectivity index (χ0v) is 26.1. The van der Waals surface area contributed by atoms with Gasteiger partial charge in [0.2, 0.25) is 8.32 Å². The van der Waals surface area contributed by atoms with Crippen LogP contribution >= 0.6 is 0 Å². The van der Waals surface area contributed by atoms with E-state index in [2.05, 4.69) is 78.0 Å². The molecule has 6 heteroatoms. The molecule has 0 fully saturated rings. The van der Waals surface area contributed by atoms with Crippen LogP contribution < -0.4 is 13.9 Å². The van der Waals surface area contributed by atoms with Crippen LogP contribution in [0.1, 0.15) is 73.5 Å². The van der Waals surface area contributed by atoms with Crippen LogP contribution in [0.4, 0.5) is 0 Å². The highest BCUT2D eigenvalue weighted by molar-refractivity contribution is 6.74. The van der Waals surface area contributed by atoms with Crippen LogP contribution in [0.25, 0.3) is 11.1 Å². The molecule has 0 unspecified atom stereocenters. The summed E-state index contributed by atoms with van der Waals surface area (Å²) in [6, 6.07) is 16.9. The minimum Gasteiger partial charge on any atom is -0.543 e. The number of fused-ring (bicyclic) bond motifs is 2. The monoisotopic (exact) mass is 558 g/mol. The van der Waals surface area contributed by atoms with E-state index in [1.165, 1.54) is 40.5 Å². The lowest BCUT2D eigenvalue weighted by molar-refractivity contribution is -0.141. The largest absolute Gasteiger partial charge is 0.543 e. The minimum absolute atomic E-state index is 0.0208. The number of benzene rings is 3. The standard InChI is InChI=1S/C34H42O5Si/c1-21-12-16-29(39-40(7,8)34(3,4)5)22(2)33(21)28-11-9-10-27-26(28)15-17-30(27)38-24-13-14-25-23(18-32(35)36-6)20-37-31(25)19-24/h9-14,16,19,23,30H,15,17-18,20H2,1-8H3/t23-,30-/m1/s1. The summed E-state index contributed by atoms with van der Waals surface area (Å²) in [5.41, 5.74) is 8.67. The molecule has 0 aromatic heterocycles. The Bertz CT molecular complexity index is 1430. The van der Waals surface area contributed by atoms with Crippen molar-refractivity contribution in [1.29, 1.82) is 0 Å². The van der Waals surface area contributed by atoms with Crippen molar-refractivity contribution in [3.05, 3.63) is 76.3 Å². The summed E-state index contributed by atoms with van der Waals surface area (Å²) < 4.78 is 24.1. The first kappa shape index (κ1) is 28.3. The van der Waals surface area contributed by atoms with Gasteiger partial charge < -0.3 is 18.6 Å². The van der Waals surface area contributed by atoms with E-state index in [0.717, 1.165) is 35.7 Å².